The van der Waals surface area contributed by atoms with Crippen LogP contribution in [0.4, 0.5) is 5.69 Å². The molecule has 8 heteroatoms. The van der Waals surface area contributed by atoms with E-state index in [1.807, 2.05) is 0 Å². The average molecular weight is 405 g/mol. The summed E-state index contributed by atoms with van der Waals surface area (Å²) in [5, 5.41) is 12.4. The van der Waals surface area contributed by atoms with Crippen LogP contribution < -0.4 is 5.32 Å². The van der Waals surface area contributed by atoms with Crippen LogP contribution in [0.25, 0.3) is 0 Å². The number of carbonyl (C=O) groups excluding carboxylic acids is 1. The average Bonchev–Trinajstić information content (AvgIpc) is 2.74. The fraction of sp³-hybridized carbons (Fsp3) is 0.600. The van der Waals surface area contributed by atoms with Crippen molar-refractivity contribution in [3.8, 4) is 6.07 Å². The Balaban J connectivity index is 1.75. The summed E-state index contributed by atoms with van der Waals surface area (Å²) in [4.78, 5) is 15.1. The second kappa shape index (κ2) is 8.60. The van der Waals surface area contributed by atoms with Crippen LogP contribution in [0.5, 0.6) is 0 Å². The Bertz CT molecular complexity index is 848. The van der Waals surface area contributed by atoms with Crippen molar-refractivity contribution in [2.24, 2.45) is 5.41 Å². The van der Waals surface area contributed by atoms with Gasteiger partial charge in [0.15, 0.2) is 0 Å². The van der Waals surface area contributed by atoms with Gasteiger partial charge < -0.3 is 10.2 Å². The molecule has 0 radical (unpaired) electrons. The van der Waals surface area contributed by atoms with E-state index in [4.69, 9.17) is 0 Å². The van der Waals surface area contributed by atoms with Crippen molar-refractivity contribution in [3.63, 3.8) is 0 Å². The van der Waals surface area contributed by atoms with Gasteiger partial charge in [-0.15, -0.1) is 0 Å². The number of hydrogen-bond donors (Lipinski definition) is 1. The highest BCUT2D eigenvalue weighted by Gasteiger charge is 2.40. The van der Waals surface area contributed by atoms with Crippen molar-refractivity contribution >= 4 is 21.6 Å². The van der Waals surface area contributed by atoms with Gasteiger partial charge in [-0.25, -0.2) is 8.42 Å². The van der Waals surface area contributed by atoms with Gasteiger partial charge in [-0.3, -0.25) is 4.79 Å². The molecule has 1 amide bonds. The summed E-state index contributed by atoms with van der Waals surface area (Å²) in [6.07, 6.45) is 3.86. The topological polar surface area (TPSA) is 93.5 Å². The molecule has 1 saturated carbocycles. The van der Waals surface area contributed by atoms with Gasteiger partial charge in [0.2, 0.25) is 15.9 Å². The lowest BCUT2D eigenvalue weighted by atomic mass is 9.74. The second-order valence-corrected chi connectivity index (χ2v) is 9.51. The molecule has 1 aromatic carbocycles. The highest BCUT2D eigenvalue weighted by atomic mass is 32.2. The summed E-state index contributed by atoms with van der Waals surface area (Å²) in [6, 6.07) is 8.54. The van der Waals surface area contributed by atoms with Crippen LogP contribution in [0, 0.1) is 16.7 Å². The maximum Gasteiger partial charge on any atom is 0.244 e. The molecular weight excluding hydrogens is 376 g/mol. The smallest absolute Gasteiger partial charge is 0.244 e. The van der Waals surface area contributed by atoms with E-state index in [0.717, 1.165) is 38.9 Å². The fourth-order valence-corrected chi connectivity index (χ4v) is 5.43. The fourth-order valence-electron chi connectivity index (χ4n) is 3.97. The largest absolute Gasteiger partial charge is 0.325 e. The Hall–Kier alpha value is -1.95. The molecule has 0 aromatic heterocycles. The Morgan fingerprint density at radius 2 is 1.86 bits per heavy atom. The third-order valence-corrected chi connectivity index (χ3v) is 7.76. The van der Waals surface area contributed by atoms with Crippen LogP contribution in [0.15, 0.2) is 29.2 Å². The first kappa shape index (κ1) is 20.8. The second-order valence-electron chi connectivity index (χ2n) is 7.57. The van der Waals surface area contributed by atoms with Crippen LogP contribution in [0.3, 0.4) is 0 Å². The number of rotatable bonds is 5. The molecule has 7 nitrogen and oxygen atoms in total. The highest BCUT2D eigenvalue weighted by molar-refractivity contribution is 7.89. The van der Waals surface area contributed by atoms with E-state index in [1.165, 1.54) is 10.4 Å². The molecule has 1 saturated heterocycles. The van der Waals surface area contributed by atoms with Gasteiger partial charge in [0.05, 0.1) is 11.0 Å². The Morgan fingerprint density at radius 3 is 2.46 bits per heavy atom. The number of hydrogen-bond acceptors (Lipinski definition) is 5. The molecule has 0 bridgehead atoms. The van der Waals surface area contributed by atoms with Crippen LogP contribution in [0.1, 0.15) is 39.0 Å². The van der Waals surface area contributed by atoms with E-state index in [1.54, 1.807) is 18.2 Å². The normalized spacial score (nSPS) is 21.0. The van der Waals surface area contributed by atoms with Gasteiger partial charge in [0.1, 0.15) is 5.41 Å². The van der Waals surface area contributed by atoms with Gasteiger partial charge in [-0.2, -0.15) is 9.57 Å². The van der Waals surface area contributed by atoms with Gasteiger partial charge in [-0.1, -0.05) is 32.3 Å². The van der Waals surface area contributed by atoms with Gasteiger partial charge in [0, 0.05) is 31.9 Å². The molecule has 28 heavy (non-hydrogen) atoms. The van der Waals surface area contributed by atoms with E-state index >= 15 is 0 Å². The number of sulfonamides is 1. The minimum atomic E-state index is -3.61. The minimum Gasteiger partial charge on any atom is -0.325 e. The SMILES string of the molecule is CCN1CCN(S(=O)(=O)c2cccc(NC(=O)C3(C#N)CCCCC3)c2)CC1. The highest BCUT2D eigenvalue weighted by Crippen LogP contribution is 2.37. The number of carbonyl (C=O) groups is 1. The third kappa shape index (κ3) is 4.22. The van der Waals surface area contributed by atoms with E-state index in [2.05, 4.69) is 23.2 Å². The lowest BCUT2D eigenvalue weighted by molar-refractivity contribution is -0.124. The number of likely N-dealkylation sites (N-methyl/N-ethyl adjacent to an activating group) is 1. The monoisotopic (exact) mass is 404 g/mol. The molecule has 0 atom stereocenters. The summed E-state index contributed by atoms with van der Waals surface area (Å²) in [5.41, 5.74) is -0.595. The summed E-state index contributed by atoms with van der Waals surface area (Å²) in [5.74, 6) is -0.333. The van der Waals surface area contributed by atoms with E-state index in [9.17, 15) is 18.5 Å². The lowest BCUT2D eigenvalue weighted by Crippen LogP contribution is -2.48. The number of nitrogens with zero attached hydrogens (tertiary/aromatic N) is 3. The first-order valence-corrected chi connectivity index (χ1v) is 11.4. The zero-order valence-corrected chi connectivity index (χ0v) is 17.2. The zero-order valence-electron chi connectivity index (χ0n) is 16.4. The quantitative estimate of drug-likeness (QED) is 0.813. The Morgan fingerprint density at radius 1 is 1.18 bits per heavy atom. The molecule has 0 unspecified atom stereocenters. The number of anilines is 1. The molecule has 1 heterocycles. The standard InChI is InChI=1S/C20H28N4O3S/c1-2-23-11-13-24(14-12-23)28(26,27)18-8-6-7-17(15-18)22-19(25)20(16-21)9-4-3-5-10-20/h6-8,15H,2-5,9-14H2,1H3,(H,22,25). The van der Waals surface area contributed by atoms with Crippen molar-refractivity contribution in [1.82, 2.24) is 9.21 Å². The number of piperazine rings is 1. The van der Waals surface area contributed by atoms with Gasteiger partial charge in [0.25, 0.3) is 0 Å². The summed E-state index contributed by atoms with van der Waals surface area (Å²) < 4.78 is 27.5. The van der Waals surface area contributed by atoms with Crippen molar-refractivity contribution in [2.75, 3.05) is 38.0 Å². The summed E-state index contributed by atoms with van der Waals surface area (Å²) in [7, 11) is -3.61. The maximum atomic E-state index is 13.0. The van der Waals surface area contributed by atoms with E-state index in [-0.39, 0.29) is 10.8 Å². The molecule has 1 aliphatic carbocycles. The van der Waals surface area contributed by atoms with E-state index < -0.39 is 15.4 Å². The Kier molecular flexibility index (Phi) is 6.38. The molecule has 1 aromatic rings. The lowest BCUT2D eigenvalue weighted by Gasteiger charge is -2.33. The van der Waals surface area contributed by atoms with Crippen LogP contribution in [-0.4, -0.2) is 56.3 Å². The number of amides is 1. The first-order chi connectivity index (χ1) is 13.4. The van der Waals surface area contributed by atoms with Crippen molar-refractivity contribution in [2.45, 2.75) is 43.9 Å². The zero-order chi connectivity index (χ0) is 20.2. The molecule has 152 valence electrons. The van der Waals surface area contributed by atoms with Crippen LogP contribution in [-0.2, 0) is 14.8 Å². The van der Waals surface area contributed by atoms with Crippen molar-refractivity contribution in [3.05, 3.63) is 24.3 Å². The van der Waals surface area contributed by atoms with Crippen molar-refractivity contribution < 1.29 is 13.2 Å². The molecule has 3 rings (SSSR count). The maximum absolute atomic E-state index is 13.0. The third-order valence-electron chi connectivity index (χ3n) is 5.86. The predicted octanol–water partition coefficient (Wildman–Crippen LogP) is 2.43. The molecule has 2 aliphatic rings. The summed E-state index contributed by atoms with van der Waals surface area (Å²) in [6.45, 7) is 5.34. The number of nitriles is 1. The van der Waals surface area contributed by atoms with Crippen molar-refractivity contribution in [1.29, 1.82) is 5.26 Å². The van der Waals surface area contributed by atoms with Crippen LogP contribution in [0.2, 0.25) is 0 Å². The molecular formula is C20H28N4O3S. The molecule has 0 spiro atoms. The summed E-state index contributed by atoms with van der Waals surface area (Å²) >= 11 is 0. The van der Waals surface area contributed by atoms with E-state index in [0.29, 0.717) is 31.6 Å². The first-order valence-electron chi connectivity index (χ1n) is 9.96. The molecule has 2 fully saturated rings. The predicted molar refractivity (Wildman–Crippen MR) is 107 cm³/mol. The minimum absolute atomic E-state index is 0.171. The molecule has 1 N–H and O–H groups in total. The van der Waals surface area contributed by atoms with Gasteiger partial charge in [-0.05, 0) is 37.6 Å². The van der Waals surface area contributed by atoms with Crippen LogP contribution >= 0.6 is 0 Å². The number of nitrogens with one attached hydrogen (secondary N) is 1. The Labute approximate surface area is 167 Å². The molecule has 1 aliphatic heterocycles. The van der Waals surface area contributed by atoms with Gasteiger partial charge >= 0.3 is 0 Å². The number of benzene rings is 1.